The highest BCUT2D eigenvalue weighted by Crippen LogP contribution is 2.15. The van der Waals surface area contributed by atoms with E-state index in [0.29, 0.717) is 28.1 Å². The van der Waals surface area contributed by atoms with E-state index in [1.807, 2.05) is 32.9 Å². The van der Waals surface area contributed by atoms with Gasteiger partial charge >= 0.3 is 0 Å². The molecule has 7 nitrogen and oxygen atoms in total. The van der Waals surface area contributed by atoms with Crippen LogP contribution in [0.5, 0.6) is 5.75 Å². The third kappa shape index (κ3) is 6.67. The Morgan fingerprint density at radius 3 is 1.91 bits per heavy atom. The van der Waals surface area contributed by atoms with Crippen molar-refractivity contribution in [1.82, 2.24) is 10.9 Å². The maximum Gasteiger partial charge on any atom is 0.269 e. The van der Waals surface area contributed by atoms with Crippen molar-refractivity contribution in [2.75, 3.05) is 5.32 Å². The summed E-state index contributed by atoms with van der Waals surface area (Å²) in [5, 5.41) is 2.79. The van der Waals surface area contributed by atoms with Gasteiger partial charge in [-0.05, 0) is 80.9 Å². The van der Waals surface area contributed by atoms with Crippen LogP contribution < -0.4 is 20.9 Å². The van der Waals surface area contributed by atoms with Gasteiger partial charge in [-0.15, -0.1) is 0 Å². The van der Waals surface area contributed by atoms with Crippen LogP contribution in [0.3, 0.4) is 0 Å². The Balaban J connectivity index is 1.52. The molecule has 0 radical (unpaired) electrons. The first-order valence-electron chi connectivity index (χ1n) is 10.7. The Kier molecular flexibility index (Phi) is 7.81. The van der Waals surface area contributed by atoms with Crippen molar-refractivity contribution in [3.8, 4) is 5.75 Å². The van der Waals surface area contributed by atoms with E-state index in [0.717, 1.165) is 12.0 Å². The maximum atomic E-state index is 12.3. The predicted octanol–water partition coefficient (Wildman–Crippen LogP) is 4.50. The SMILES string of the molecule is CCC(C)Oc1ccc(C(=O)NNC(=O)c2ccc(NC(=O)c3cccc(C)c3)cc2)cc1. The molecule has 3 aromatic carbocycles. The van der Waals surface area contributed by atoms with Gasteiger partial charge in [-0.3, -0.25) is 25.2 Å². The number of carbonyl (C=O) groups is 3. The number of carbonyl (C=O) groups excluding carboxylic acids is 3. The van der Waals surface area contributed by atoms with Crippen molar-refractivity contribution in [2.45, 2.75) is 33.3 Å². The maximum absolute atomic E-state index is 12.3. The van der Waals surface area contributed by atoms with Crippen molar-refractivity contribution in [1.29, 1.82) is 0 Å². The van der Waals surface area contributed by atoms with E-state index < -0.39 is 11.8 Å². The Hall–Kier alpha value is -4.13. The third-order valence-corrected chi connectivity index (χ3v) is 5.00. The summed E-state index contributed by atoms with van der Waals surface area (Å²) in [6.07, 6.45) is 0.972. The topological polar surface area (TPSA) is 96.5 Å². The molecule has 3 N–H and O–H groups in total. The van der Waals surface area contributed by atoms with Crippen LogP contribution in [0.2, 0.25) is 0 Å². The van der Waals surface area contributed by atoms with E-state index >= 15 is 0 Å². The first-order valence-corrected chi connectivity index (χ1v) is 10.7. The van der Waals surface area contributed by atoms with Gasteiger partial charge in [0.1, 0.15) is 5.75 Å². The zero-order valence-corrected chi connectivity index (χ0v) is 18.8. The van der Waals surface area contributed by atoms with E-state index in [1.54, 1.807) is 60.7 Å². The summed E-state index contributed by atoms with van der Waals surface area (Å²) in [5.74, 6) is -0.472. The second-order valence-electron chi connectivity index (χ2n) is 7.67. The van der Waals surface area contributed by atoms with Crippen molar-refractivity contribution in [2.24, 2.45) is 0 Å². The molecular weight excluding hydrogens is 418 g/mol. The number of anilines is 1. The van der Waals surface area contributed by atoms with Crippen LogP contribution in [0.1, 0.15) is 56.9 Å². The van der Waals surface area contributed by atoms with Crippen molar-refractivity contribution >= 4 is 23.4 Å². The minimum atomic E-state index is -0.475. The lowest BCUT2D eigenvalue weighted by atomic mass is 10.1. The van der Waals surface area contributed by atoms with Crippen LogP contribution in [0.15, 0.2) is 72.8 Å². The van der Waals surface area contributed by atoms with Gasteiger partial charge in [0.05, 0.1) is 6.10 Å². The fourth-order valence-corrected chi connectivity index (χ4v) is 2.95. The van der Waals surface area contributed by atoms with Gasteiger partial charge in [-0.1, -0.05) is 24.6 Å². The first-order chi connectivity index (χ1) is 15.9. The Morgan fingerprint density at radius 1 is 0.788 bits per heavy atom. The smallest absolute Gasteiger partial charge is 0.269 e. The lowest BCUT2D eigenvalue weighted by Crippen LogP contribution is -2.41. The second-order valence-corrected chi connectivity index (χ2v) is 7.67. The molecule has 0 saturated carbocycles. The summed E-state index contributed by atoms with van der Waals surface area (Å²) in [6, 6.07) is 20.3. The molecule has 3 rings (SSSR count). The monoisotopic (exact) mass is 445 g/mol. The average molecular weight is 446 g/mol. The van der Waals surface area contributed by atoms with Crippen LogP contribution in [0.25, 0.3) is 0 Å². The molecule has 0 heterocycles. The number of benzene rings is 3. The molecule has 0 aliphatic carbocycles. The molecule has 0 bridgehead atoms. The number of nitrogens with one attached hydrogen (secondary N) is 3. The number of amides is 3. The molecule has 170 valence electrons. The third-order valence-electron chi connectivity index (χ3n) is 5.00. The molecular formula is C26H27N3O4. The van der Waals surface area contributed by atoms with Gasteiger partial charge < -0.3 is 10.1 Å². The second kappa shape index (κ2) is 10.9. The van der Waals surface area contributed by atoms with Gasteiger partial charge in [0.15, 0.2) is 0 Å². The summed E-state index contributed by atoms with van der Waals surface area (Å²) in [6.45, 7) is 5.92. The van der Waals surface area contributed by atoms with Gasteiger partial charge in [0.2, 0.25) is 0 Å². The van der Waals surface area contributed by atoms with Gasteiger partial charge in [-0.25, -0.2) is 0 Å². The lowest BCUT2D eigenvalue weighted by molar-refractivity contribution is 0.0846. The molecule has 0 aromatic heterocycles. The van der Waals surface area contributed by atoms with Gasteiger partial charge in [0.25, 0.3) is 17.7 Å². The van der Waals surface area contributed by atoms with Gasteiger partial charge in [-0.2, -0.15) is 0 Å². The van der Waals surface area contributed by atoms with E-state index in [1.165, 1.54) is 0 Å². The Bertz CT molecular complexity index is 1130. The molecule has 3 amide bonds. The average Bonchev–Trinajstić information content (AvgIpc) is 2.83. The summed E-state index contributed by atoms with van der Waals surface area (Å²) < 4.78 is 5.69. The molecule has 3 aromatic rings. The minimum absolute atomic E-state index is 0.0891. The van der Waals surface area contributed by atoms with Crippen LogP contribution in [0.4, 0.5) is 5.69 Å². The van der Waals surface area contributed by atoms with E-state index in [4.69, 9.17) is 4.74 Å². The van der Waals surface area contributed by atoms with Crippen molar-refractivity contribution in [3.63, 3.8) is 0 Å². The first kappa shape index (κ1) is 23.5. The van der Waals surface area contributed by atoms with Gasteiger partial charge in [0, 0.05) is 22.4 Å². The number of rotatable bonds is 7. The molecule has 33 heavy (non-hydrogen) atoms. The van der Waals surface area contributed by atoms with E-state index in [-0.39, 0.29) is 12.0 Å². The number of hydrogen-bond acceptors (Lipinski definition) is 4. The summed E-state index contributed by atoms with van der Waals surface area (Å²) in [4.78, 5) is 37.0. The molecule has 7 heteroatoms. The highest BCUT2D eigenvalue weighted by atomic mass is 16.5. The molecule has 1 unspecified atom stereocenters. The molecule has 0 aliphatic heterocycles. The standard InChI is InChI=1S/C26H27N3O4/c1-4-18(3)33-23-14-10-20(11-15-23)26(32)29-28-25(31)19-8-12-22(13-9-19)27-24(30)21-7-5-6-17(2)16-21/h5-16,18H,4H2,1-3H3,(H,27,30)(H,28,31)(H,29,32). The zero-order valence-electron chi connectivity index (χ0n) is 18.8. The Labute approximate surface area is 193 Å². The molecule has 0 aliphatic rings. The highest BCUT2D eigenvalue weighted by Gasteiger charge is 2.11. The number of hydrogen-bond donors (Lipinski definition) is 3. The fourth-order valence-electron chi connectivity index (χ4n) is 2.95. The zero-order chi connectivity index (χ0) is 23.8. The van der Waals surface area contributed by atoms with Crippen LogP contribution in [0, 0.1) is 6.92 Å². The van der Waals surface area contributed by atoms with Crippen molar-refractivity contribution < 1.29 is 19.1 Å². The highest BCUT2D eigenvalue weighted by molar-refractivity contribution is 6.05. The molecule has 0 fully saturated rings. The number of hydrazine groups is 1. The summed E-state index contributed by atoms with van der Waals surface area (Å²) in [7, 11) is 0. The normalized spacial score (nSPS) is 11.2. The van der Waals surface area contributed by atoms with Crippen LogP contribution in [-0.4, -0.2) is 23.8 Å². The summed E-state index contributed by atoms with van der Waals surface area (Å²) >= 11 is 0. The minimum Gasteiger partial charge on any atom is -0.491 e. The molecule has 0 spiro atoms. The Morgan fingerprint density at radius 2 is 1.36 bits per heavy atom. The van der Waals surface area contributed by atoms with Crippen molar-refractivity contribution in [3.05, 3.63) is 95.1 Å². The predicted molar refractivity (Wildman–Crippen MR) is 127 cm³/mol. The molecule has 1 atom stereocenters. The lowest BCUT2D eigenvalue weighted by Gasteiger charge is -2.13. The van der Waals surface area contributed by atoms with Crippen LogP contribution in [-0.2, 0) is 0 Å². The quantitative estimate of drug-likeness (QED) is 0.467. The molecule has 0 saturated heterocycles. The van der Waals surface area contributed by atoms with E-state index in [9.17, 15) is 14.4 Å². The van der Waals surface area contributed by atoms with Crippen LogP contribution >= 0.6 is 0 Å². The number of aryl methyl sites for hydroxylation is 1. The van der Waals surface area contributed by atoms with E-state index in [2.05, 4.69) is 16.2 Å². The fraction of sp³-hybridized carbons (Fsp3) is 0.192. The number of ether oxygens (including phenoxy) is 1. The largest absolute Gasteiger partial charge is 0.491 e. The summed E-state index contributed by atoms with van der Waals surface area (Å²) in [5.41, 5.74) is 7.61.